The van der Waals surface area contributed by atoms with Gasteiger partial charge in [0.05, 0.1) is 18.0 Å². The van der Waals surface area contributed by atoms with Gasteiger partial charge in [0, 0.05) is 4.90 Å². The van der Waals surface area contributed by atoms with Gasteiger partial charge < -0.3 is 5.32 Å². The highest BCUT2D eigenvalue weighted by Crippen LogP contribution is 2.24. The Morgan fingerprint density at radius 2 is 1.85 bits per heavy atom. The third kappa shape index (κ3) is 6.01. The number of amides is 1. The van der Waals surface area contributed by atoms with Crippen molar-refractivity contribution in [1.29, 1.82) is 0 Å². The molecule has 1 N–H and O–H groups in total. The zero-order chi connectivity index (χ0) is 20.0. The highest BCUT2D eigenvalue weighted by molar-refractivity contribution is 7.98. The molecule has 0 saturated carbocycles. The van der Waals surface area contributed by atoms with Crippen LogP contribution < -0.4 is 9.62 Å². The van der Waals surface area contributed by atoms with Crippen molar-refractivity contribution in [2.75, 3.05) is 23.4 Å². The van der Waals surface area contributed by atoms with Gasteiger partial charge in [-0.1, -0.05) is 42.8 Å². The van der Waals surface area contributed by atoms with Crippen LogP contribution in [0.3, 0.4) is 0 Å². The van der Waals surface area contributed by atoms with Crippen LogP contribution in [0.4, 0.5) is 5.69 Å². The van der Waals surface area contributed by atoms with Crippen molar-refractivity contribution in [1.82, 2.24) is 5.32 Å². The molecule has 146 valence electrons. The molecule has 0 fully saturated rings. The van der Waals surface area contributed by atoms with E-state index in [1.165, 1.54) is 11.8 Å². The minimum absolute atomic E-state index is 0.156. The van der Waals surface area contributed by atoms with Gasteiger partial charge in [-0.05, 0) is 43.4 Å². The second kappa shape index (κ2) is 9.28. The van der Waals surface area contributed by atoms with Gasteiger partial charge in [-0.2, -0.15) is 0 Å². The highest BCUT2D eigenvalue weighted by Gasteiger charge is 2.22. The molecule has 2 aromatic carbocycles. The predicted molar refractivity (Wildman–Crippen MR) is 113 cm³/mol. The molecule has 0 aliphatic carbocycles. The molecule has 0 radical (unpaired) electrons. The first-order valence-electron chi connectivity index (χ1n) is 8.72. The van der Waals surface area contributed by atoms with Gasteiger partial charge in [0.1, 0.15) is 6.54 Å². The summed E-state index contributed by atoms with van der Waals surface area (Å²) in [4.78, 5) is 13.6. The monoisotopic (exact) mass is 406 g/mol. The van der Waals surface area contributed by atoms with E-state index in [0.717, 1.165) is 33.0 Å². The van der Waals surface area contributed by atoms with Gasteiger partial charge in [-0.25, -0.2) is 8.42 Å². The van der Waals surface area contributed by atoms with Crippen LogP contribution in [0.2, 0.25) is 0 Å². The molecule has 0 saturated heterocycles. The predicted octanol–water partition coefficient (Wildman–Crippen LogP) is 3.75. The Balaban J connectivity index is 2.19. The number of benzene rings is 2. The van der Waals surface area contributed by atoms with Crippen LogP contribution in [0.1, 0.15) is 30.5 Å². The first-order chi connectivity index (χ1) is 12.7. The topological polar surface area (TPSA) is 66.5 Å². The number of nitrogens with zero attached hydrogens (tertiary/aromatic N) is 1. The Labute approximate surface area is 166 Å². The maximum absolute atomic E-state index is 12.6. The van der Waals surface area contributed by atoms with Crippen LogP contribution in [0.15, 0.2) is 53.4 Å². The molecule has 27 heavy (non-hydrogen) atoms. The first kappa shape index (κ1) is 21.3. The first-order valence-corrected chi connectivity index (χ1v) is 11.8. The Morgan fingerprint density at radius 3 is 2.41 bits per heavy atom. The maximum atomic E-state index is 12.6. The Kier molecular flexibility index (Phi) is 7.33. The molecule has 0 heterocycles. The molecule has 1 atom stereocenters. The summed E-state index contributed by atoms with van der Waals surface area (Å²) >= 11 is 1.52. The normalized spacial score (nSPS) is 12.4. The van der Waals surface area contributed by atoms with E-state index in [0.29, 0.717) is 5.69 Å². The van der Waals surface area contributed by atoms with Gasteiger partial charge >= 0.3 is 0 Å². The number of carbonyl (C=O) groups excluding carboxylic acids is 1. The van der Waals surface area contributed by atoms with Crippen LogP contribution in [0, 0.1) is 6.92 Å². The lowest BCUT2D eigenvalue weighted by Crippen LogP contribution is -2.41. The van der Waals surface area contributed by atoms with E-state index in [1.807, 2.05) is 50.4 Å². The number of carbonyl (C=O) groups is 1. The molecule has 5 nitrogen and oxygen atoms in total. The number of thioether (sulfide) groups is 1. The van der Waals surface area contributed by atoms with Crippen molar-refractivity contribution < 1.29 is 13.2 Å². The summed E-state index contributed by atoms with van der Waals surface area (Å²) in [5.74, 6) is -0.331. The van der Waals surface area contributed by atoms with Crippen molar-refractivity contribution in [3.63, 3.8) is 0 Å². The largest absolute Gasteiger partial charge is 0.348 e. The van der Waals surface area contributed by atoms with Crippen molar-refractivity contribution >= 4 is 33.4 Å². The molecule has 0 aliphatic rings. The van der Waals surface area contributed by atoms with Gasteiger partial charge in [0.2, 0.25) is 15.9 Å². The zero-order valence-electron chi connectivity index (χ0n) is 16.1. The van der Waals surface area contributed by atoms with E-state index in [-0.39, 0.29) is 18.5 Å². The fraction of sp³-hybridized carbons (Fsp3) is 0.350. The van der Waals surface area contributed by atoms with Crippen molar-refractivity contribution in [2.45, 2.75) is 31.2 Å². The minimum Gasteiger partial charge on any atom is -0.348 e. The molecule has 0 aliphatic heterocycles. The van der Waals surface area contributed by atoms with Gasteiger partial charge in [-0.3, -0.25) is 9.10 Å². The summed E-state index contributed by atoms with van der Waals surface area (Å²) in [7, 11) is -3.59. The molecule has 2 rings (SSSR count). The molecule has 1 amide bonds. The van der Waals surface area contributed by atoms with Crippen molar-refractivity contribution in [3.05, 3.63) is 59.7 Å². The summed E-state index contributed by atoms with van der Waals surface area (Å²) in [5.41, 5.74) is 2.64. The number of rotatable bonds is 8. The SMILES string of the molecule is CCC(NC(=O)CN(c1cccc(SC)c1)S(C)(=O)=O)c1ccc(C)cc1. The molecule has 0 aromatic heterocycles. The molecular weight excluding hydrogens is 380 g/mol. The average molecular weight is 407 g/mol. The summed E-state index contributed by atoms with van der Waals surface area (Å²) in [6.45, 7) is 3.75. The highest BCUT2D eigenvalue weighted by atomic mass is 32.2. The van der Waals surface area contributed by atoms with Crippen LogP contribution in [0.25, 0.3) is 0 Å². The Morgan fingerprint density at radius 1 is 1.19 bits per heavy atom. The smallest absolute Gasteiger partial charge is 0.241 e. The summed E-state index contributed by atoms with van der Waals surface area (Å²) in [6.07, 6.45) is 3.75. The number of hydrogen-bond donors (Lipinski definition) is 1. The quantitative estimate of drug-likeness (QED) is 0.678. The van der Waals surface area contributed by atoms with E-state index in [2.05, 4.69) is 5.32 Å². The van der Waals surface area contributed by atoms with Crippen molar-refractivity contribution in [2.24, 2.45) is 0 Å². The number of anilines is 1. The molecule has 2 aromatic rings. The molecular formula is C20H26N2O3S2. The van der Waals surface area contributed by atoms with Crippen LogP contribution in [-0.2, 0) is 14.8 Å². The summed E-state index contributed by atoms with van der Waals surface area (Å²) < 4.78 is 25.7. The lowest BCUT2D eigenvalue weighted by Gasteiger charge is -2.24. The standard InChI is InChI=1S/C20H26N2O3S2/c1-5-19(16-11-9-15(2)10-12-16)21-20(23)14-22(27(4,24)25)17-7-6-8-18(13-17)26-3/h6-13,19H,5,14H2,1-4H3,(H,21,23). The molecule has 0 bridgehead atoms. The van der Waals surface area contributed by atoms with Crippen molar-refractivity contribution in [3.8, 4) is 0 Å². The third-order valence-electron chi connectivity index (χ3n) is 4.25. The fourth-order valence-corrected chi connectivity index (χ4v) is 4.06. The van der Waals surface area contributed by atoms with E-state index < -0.39 is 10.0 Å². The average Bonchev–Trinajstić information content (AvgIpc) is 2.64. The lowest BCUT2D eigenvalue weighted by atomic mass is 10.0. The molecule has 1 unspecified atom stereocenters. The number of sulfonamides is 1. The summed E-state index contributed by atoms with van der Waals surface area (Å²) in [5, 5.41) is 2.95. The molecule has 7 heteroatoms. The maximum Gasteiger partial charge on any atom is 0.241 e. The zero-order valence-corrected chi connectivity index (χ0v) is 17.7. The Hall–Kier alpha value is -1.99. The van der Waals surface area contributed by atoms with E-state index in [4.69, 9.17) is 0 Å². The third-order valence-corrected chi connectivity index (χ3v) is 6.12. The van der Waals surface area contributed by atoms with Gasteiger partial charge in [0.25, 0.3) is 0 Å². The van der Waals surface area contributed by atoms with E-state index in [9.17, 15) is 13.2 Å². The van der Waals surface area contributed by atoms with Crippen LogP contribution in [-0.4, -0.2) is 33.4 Å². The van der Waals surface area contributed by atoms with Crippen LogP contribution in [0.5, 0.6) is 0 Å². The van der Waals surface area contributed by atoms with E-state index in [1.54, 1.807) is 18.2 Å². The minimum atomic E-state index is -3.59. The lowest BCUT2D eigenvalue weighted by molar-refractivity contribution is -0.120. The fourth-order valence-electron chi connectivity index (χ4n) is 2.76. The van der Waals surface area contributed by atoms with Gasteiger partial charge in [-0.15, -0.1) is 11.8 Å². The second-order valence-corrected chi connectivity index (χ2v) is 9.20. The number of nitrogens with one attached hydrogen (secondary N) is 1. The van der Waals surface area contributed by atoms with Gasteiger partial charge in [0.15, 0.2) is 0 Å². The number of aryl methyl sites for hydroxylation is 1. The molecule has 0 spiro atoms. The number of hydrogen-bond acceptors (Lipinski definition) is 4. The van der Waals surface area contributed by atoms with E-state index >= 15 is 0 Å². The Bertz CT molecular complexity index is 880. The summed E-state index contributed by atoms with van der Waals surface area (Å²) in [6, 6.07) is 15.0. The van der Waals surface area contributed by atoms with Crippen LogP contribution >= 0.6 is 11.8 Å². The second-order valence-electron chi connectivity index (χ2n) is 6.41.